The highest BCUT2D eigenvalue weighted by Crippen LogP contribution is 2.17. The SMILES string of the molecule is COc1ccc(OCCNC(=O)CCc2ccccc2O)cc1. The van der Waals surface area contributed by atoms with E-state index in [2.05, 4.69) is 5.32 Å². The summed E-state index contributed by atoms with van der Waals surface area (Å²) in [4.78, 5) is 11.8. The number of hydrogen-bond donors (Lipinski definition) is 2. The van der Waals surface area contributed by atoms with E-state index in [0.717, 1.165) is 17.1 Å². The molecule has 0 saturated carbocycles. The molecule has 0 fully saturated rings. The average Bonchev–Trinajstić information content (AvgIpc) is 2.58. The standard InChI is InChI=1S/C18H21NO4/c1-22-15-7-9-16(10-8-15)23-13-12-19-18(21)11-6-14-4-2-3-5-17(14)20/h2-5,7-10,20H,6,11-13H2,1H3,(H,19,21). The lowest BCUT2D eigenvalue weighted by Gasteiger charge is -2.09. The van der Waals surface area contributed by atoms with Crippen LogP contribution in [0.3, 0.4) is 0 Å². The van der Waals surface area contributed by atoms with Crippen LogP contribution in [0.2, 0.25) is 0 Å². The number of nitrogens with one attached hydrogen (secondary N) is 1. The van der Waals surface area contributed by atoms with Gasteiger partial charge in [0.05, 0.1) is 13.7 Å². The largest absolute Gasteiger partial charge is 0.508 e. The second-order valence-corrected chi connectivity index (χ2v) is 5.00. The molecule has 0 bridgehead atoms. The Morgan fingerprint density at radius 2 is 1.78 bits per heavy atom. The molecule has 0 spiro atoms. The minimum Gasteiger partial charge on any atom is -0.508 e. The number of hydrogen-bond acceptors (Lipinski definition) is 4. The molecule has 0 aliphatic heterocycles. The van der Waals surface area contributed by atoms with Crippen LogP contribution in [0.1, 0.15) is 12.0 Å². The number of phenolic OH excluding ortho intramolecular Hbond substituents is 1. The number of aromatic hydroxyl groups is 1. The lowest BCUT2D eigenvalue weighted by atomic mass is 10.1. The molecule has 1 amide bonds. The van der Waals surface area contributed by atoms with Crippen LogP contribution >= 0.6 is 0 Å². The molecule has 0 atom stereocenters. The average molecular weight is 315 g/mol. The van der Waals surface area contributed by atoms with Crippen molar-refractivity contribution < 1.29 is 19.4 Å². The summed E-state index contributed by atoms with van der Waals surface area (Å²) in [5, 5.41) is 12.4. The van der Waals surface area contributed by atoms with Crippen molar-refractivity contribution in [2.24, 2.45) is 0 Å². The van der Waals surface area contributed by atoms with Gasteiger partial charge in [0.2, 0.25) is 5.91 Å². The Morgan fingerprint density at radius 1 is 1.09 bits per heavy atom. The molecule has 2 aromatic carbocycles. The van der Waals surface area contributed by atoms with Crippen LogP contribution in [-0.4, -0.2) is 31.3 Å². The van der Waals surface area contributed by atoms with Crippen LogP contribution in [0, 0.1) is 0 Å². The molecule has 2 N–H and O–H groups in total. The zero-order valence-corrected chi connectivity index (χ0v) is 13.1. The molecule has 23 heavy (non-hydrogen) atoms. The Labute approximate surface area is 135 Å². The van der Waals surface area contributed by atoms with Crippen molar-refractivity contribution in [1.82, 2.24) is 5.32 Å². The van der Waals surface area contributed by atoms with E-state index in [1.165, 1.54) is 0 Å². The molecule has 0 aliphatic carbocycles. The number of carbonyl (C=O) groups is 1. The summed E-state index contributed by atoms with van der Waals surface area (Å²) in [5.41, 5.74) is 0.775. The molecule has 0 radical (unpaired) electrons. The first kappa shape index (κ1) is 16.7. The van der Waals surface area contributed by atoms with E-state index in [1.807, 2.05) is 36.4 Å². The first-order valence-electron chi connectivity index (χ1n) is 7.49. The van der Waals surface area contributed by atoms with Gasteiger partial charge in [-0.1, -0.05) is 18.2 Å². The van der Waals surface area contributed by atoms with Gasteiger partial charge in [-0.2, -0.15) is 0 Å². The monoisotopic (exact) mass is 315 g/mol. The predicted octanol–water partition coefficient (Wildman–Crippen LogP) is 2.53. The summed E-state index contributed by atoms with van der Waals surface area (Å²) in [6, 6.07) is 14.3. The molecule has 0 saturated heterocycles. The lowest BCUT2D eigenvalue weighted by Crippen LogP contribution is -2.28. The van der Waals surface area contributed by atoms with Gasteiger partial charge in [-0.25, -0.2) is 0 Å². The highest BCUT2D eigenvalue weighted by atomic mass is 16.5. The van der Waals surface area contributed by atoms with Crippen molar-refractivity contribution >= 4 is 5.91 Å². The fourth-order valence-corrected chi connectivity index (χ4v) is 2.09. The van der Waals surface area contributed by atoms with Gasteiger partial charge in [0.25, 0.3) is 0 Å². The number of ether oxygens (including phenoxy) is 2. The van der Waals surface area contributed by atoms with Crippen LogP contribution < -0.4 is 14.8 Å². The van der Waals surface area contributed by atoms with Crippen LogP contribution in [0.5, 0.6) is 17.2 Å². The van der Waals surface area contributed by atoms with Gasteiger partial charge in [-0.3, -0.25) is 4.79 Å². The van der Waals surface area contributed by atoms with Crippen LogP contribution in [0.15, 0.2) is 48.5 Å². The van der Waals surface area contributed by atoms with Crippen molar-refractivity contribution in [2.75, 3.05) is 20.3 Å². The lowest BCUT2D eigenvalue weighted by molar-refractivity contribution is -0.121. The van der Waals surface area contributed by atoms with E-state index >= 15 is 0 Å². The smallest absolute Gasteiger partial charge is 0.220 e. The maximum absolute atomic E-state index is 11.8. The maximum Gasteiger partial charge on any atom is 0.220 e. The van der Waals surface area contributed by atoms with Gasteiger partial charge in [0.15, 0.2) is 0 Å². The molecular weight excluding hydrogens is 294 g/mol. The molecule has 5 heteroatoms. The van der Waals surface area contributed by atoms with Gasteiger partial charge in [0, 0.05) is 6.42 Å². The molecule has 0 heterocycles. The van der Waals surface area contributed by atoms with Gasteiger partial charge >= 0.3 is 0 Å². The third-order valence-electron chi connectivity index (χ3n) is 3.37. The van der Waals surface area contributed by atoms with Gasteiger partial charge in [-0.15, -0.1) is 0 Å². The number of amides is 1. The fourth-order valence-electron chi connectivity index (χ4n) is 2.09. The van der Waals surface area contributed by atoms with E-state index in [9.17, 15) is 9.90 Å². The van der Waals surface area contributed by atoms with Gasteiger partial charge < -0.3 is 19.9 Å². The van der Waals surface area contributed by atoms with Crippen LogP contribution in [0.4, 0.5) is 0 Å². The van der Waals surface area contributed by atoms with Crippen molar-refractivity contribution in [3.8, 4) is 17.2 Å². The molecule has 0 aromatic heterocycles. The van der Waals surface area contributed by atoms with Crippen molar-refractivity contribution in [1.29, 1.82) is 0 Å². The third kappa shape index (κ3) is 5.54. The molecule has 2 aromatic rings. The van der Waals surface area contributed by atoms with Crippen molar-refractivity contribution in [3.63, 3.8) is 0 Å². The highest BCUT2D eigenvalue weighted by Gasteiger charge is 2.05. The van der Waals surface area contributed by atoms with Gasteiger partial charge in [-0.05, 0) is 42.3 Å². The Kier molecular flexibility index (Phi) is 6.29. The Hall–Kier alpha value is -2.69. The van der Waals surface area contributed by atoms with Crippen molar-refractivity contribution in [3.05, 3.63) is 54.1 Å². The van der Waals surface area contributed by atoms with E-state index < -0.39 is 0 Å². The molecule has 122 valence electrons. The number of rotatable bonds is 8. The van der Waals surface area contributed by atoms with Crippen LogP contribution in [-0.2, 0) is 11.2 Å². The molecule has 0 aliphatic rings. The number of methoxy groups -OCH3 is 1. The number of carbonyl (C=O) groups excluding carboxylic acids is 1. The van der Waals surface area contributed by atoms with Gasteiger partial charge in [0.1, 0.15) is 23.9 Å². The van der Waals surface area contributed by atoms with E-state index in [1.54, 1.807) is 19.2 Å². The fraction of sp³-hybridized carbons (Fsp3) is 0.278. The first-order chi connectivity index (χ1) is 11.2. The quantitative estimate of drug-likeness (QED) is 0.735. The molecule has 2 rings (SSSR count). The zero-order chi connectivity index (χ0) is 16.5. The summed E-state index contributed by atoms with van der Waals surface area (Å²) in [5.74, 6) is 1.67. The van der Waals surface area contributed by atoms with Crippen molar-refractivity contribution in [2.45, 2.75) is 12.8 Å². The molecular formula is C18H21NO4. The summed E-state index contributed by atoms with van der Waals surface area (Å²) < 4.78 is 10.6. The summed E-state index contributed by atoms with van der Waals surface area (Å²) in [6.45, 7) is 0.834. The van der Waals surface area contributed by atoms with Crippen LogP contribution in [0.25, 0.3) is 0 Å². The maximum atomic E-state index is 11.8. The number of benzene rings is 2. The van der Waals surface area contributed by atoms with E-state index in [4.69, 9.17) is 9.47 Å². The Morgan fingerprint density at radius 3 is 2.48 bits per heavy atom. The summed E-state index contributed by atoms with van der Waals surface area (Å²) in [7, 11) is 1.61. The molecule has 0 unspecified atom stereocenters. The first-order valence-corrected chi connectivity index (χ1v) is 7.49. The van der Waals surface area contributed by atoms with E-state index in [-0.39, 0.29) is 11.7 Å². The molecule has 5 nitrogen and oxygen atoms in total. The second kappa shape index (κ2) is 8.68. The Bertz CT molecular complexity index is 625. The Balaban J connectivity index is 1.63. The summed E-state index contributed by atoms with van der Waals surface area (Å²) in [6.07, 6.45) is 0.845. The zero-order valence-electron chi connectivity index (χ0n) is 13.1. The number of para-hydroxylation sites is 1. The third-order valence-corrected chi connectivity index (χ3v) is 3.37. The normalized spacial score (nSPS) is 10.1. The summed E-state index contributed by atoms with van der Waals surface area (Å²) >= 11 is 0. The predicted molar refractivity (Wildman–Crippen MR) is 87.9 cm³/mol. The minimum atomic E-state index is -0.0633. The highest BCUT2D eigenvalue weighted by molar-refractivity contribution is 5.76. The van der Waals surface area contributed by atoms with E-state index in [0.29, 0.717) is 26.0 Å². The minimum absolute atomic E-state index is 0.0633. The topological polar surface area (TPSA) is 67.8 Å². The second-order valence-electron chi connectivity index (χ2n) is 5.00. The number of phenols is 1. The number of aryl methyl sites for hydroxylation is 1.